The first-order valence-electron chi connectivity index (χ1n) is 7.65. The lowest BCUT2D eigenvalue weighted by atomic mass is 10.0. The number of hydrogen-bond acceptors (Lipinski definition) is 5. The Morgan fingerprint density at radius 1 is 1.45 bits per heavy atom. The molecule has 1 saturated heterocycles. The van der Waals surface area contributed by atoms with Crippen molar-refractivity contribution in [3.63, 3.8) is 0 Å². The molecule has 1 aromatic heterocycles. The van der Waals surface area contributed by atoms with Crippen LogP contribution < -0.4 is 4.74 Å². The molecule has 6 heteroatoms. The minimum absolute atomic E-state index is 0.167. The van der Waals surface area contributed by atoms with Crippen molar-refractivity contribution < 1.29 is 9.84 Å². The highest BCUT2D eigenvalue weighted by atomic mass is 16.5. The number of benzene rings is 1. The van der Waals surface area contributed by atoms with E-state index >= 15 is 0 Å². The zero-order valence-corrected chi connectivity index (χ0v) is 13.0. The number of likely N-dealkylation sites (tertiary alicyclic amines) is 1. The van der Waals surface area contributed by atoms with Gasteiger partial charge < -0.3 is 9.84 Å². The minimum Gasteiger partial charge on any atom is -0.497 e. The van der Waals surface area contributed by atoms with Crippen molar-refractivity contribution in [2.75, 3.05) is 13.7 Å². The second-order valence-corrected chi connectivity index (χ2v) is 5.66. The van der Waals surface area contributed by atoms with E-state index in [9.17, 15) is 5.11 Å². The lowest BCUT2D eigenvalue weighted by Gasteiger charge is -2.23. The Labute approximate surface area is 130 Å². The second kappa shape index (κ2) is 6.46. The molecule has 0 bridgehead atoms. The molecule has 1 fully saturated rings. The van der Waals surface area contributed by atoms with E-state index in [0.29, 0.717) is 13.1 Å². The third-order valence-electron chi connectivity index (χ3n) is 4.11. The number of aliphatic hydroxyl groups is 1. The van der Waals surface area contributed by atoms with Gasteiger partial charge in [-0.25, -0.2) is 4.98 Å². The Morgan fingerprint density at radius 3 is 3.05 bits per heavy atom. The Kier molecular flexibility index (Phi) is 4.40. The Balaban J connectivity index is 1.79. The van der Waals surface area contributed by atoms with Crippen LogP contribution in [-0.4, -0.2) is 44.9 Å². The molecule has 118 valence electrons. The summed E-state index contributed by atoms with van der Waals surface area (Å²) in [6.45, 7) is 3.33. The van der Waals surface area contributed by atoms with Gasteiger partial charge in [0, 0.05) is 19.0 Å². The van der Waals surface area contributed by atoms with Crippen molar-refractivity contribution >= 4 is 0 Å². The molecule has 1 aliphatic heterocycles. The van der Waals surface area contributed by atoms with Crippen LogP contribution in [0.15, 0.2) is 24.3 Å². The Bertz CT molecular complexity index is 628. The van der Waals surface area contributed by atoms with Crippen LogP contribution in [0.1, 0.15) is 36.6 Å². The molecule has 0 amide bonds. The number of H-pyrrole nitrogens is 1. The van der Waals surface area contributed by atoms with Crippen molar-refractivity contribution in [3.05, 3.63) is 41.5 Å². The van der Waals surface area contributed by atoms with Gasteiger partial charge in [-0.05, 0) is 24.1 Å². The Hall–Kier alpha value is -1.92. The normalized spacial score (nSPS) is 22.1. The summed E-state index contributed by atoms with van der Waals surface area (Å²) in [5, 5.41) is 17.2. The summed E-state index contributed by atoms with van der Waals surface area (Å²) in [5.41, 5.74) is 1.16. The maximum Gasteiger partial charge on any atom is 0.150 e. The molecule has 0 aliphatic carbocycles. The van der Waals surface area contributed by atoms with E-state index in [-0.39, 0.29) is 12.1 Å². The SMILES string of the molecule is CCc1n[nH]c(CN2C[C@H](O)C[C@H]2c2cccc(OC)c2)n1. The van der Waals surface area contributed by atoms with Crippen LogP contribution in [0.25, 0.3) is 0 Å². The fourth-order valence-electron chi connectivity index (χ4n) is 3.01. The fourth-order valence-corrected chi connectivity index (χ4v) is 3.01. The van der Waals surface area contributed by atoms with Gasteiger partial charge in [-0.15, -0.1) is 0 Å². The van der Waals surface area contributed by atoms with Gasteiger partial charge in [-0.1, -0.05) is 19.1 Å². The van der Waals surface area contributed by atoms with Gasteiger partial charge in [0.1, 0.15) is 17.4 Å². The first-order valence-corrected chi connectivity index (χ1v) is 7.65. The number of aromatic nitrogens is 3. The van der Waals surface area contributed by atoms with Gasteiger partial charge in [0.05, 0.1) is 19.8 Å². The Morgan fingerprint density at radius 2 is 2.32 bits per heavy atom. The van der Waals surface area contributed by atoms with Crippen molar-refractivity contribution in [1.82, 2.24) is 20.1 Å². The third kappa shape index (κ3) is 3.13. The third-order valence-corrected chi connectivity index (χ3v) is 4.11. The number of ether oxygens (including phenoxy) is 1. The van der Waals surface area contributed by atoms with Crippen LogP contribution in [-0.2, 0) is 13.0 Å². The maximum absolute atomic E-state index is 10.1. The van der Waals surface area contributed by atoms with Gasteiger partial charge in [-0.3, -0.25) is 10.00 Å². The molecule has 1 aliphatic rings. The van der Waals surface area contributed by atoms with Gasteiger partial charge in [0.2, 0.25) is 0 Å². The highest BCUT2D eigenvalue weighted by Crippen LogP contribution is 2.34. The van der Waals surface area contributed by atoms with Crippen molar-refractivity contribution in [2.45, 2.75) is 38.5 Å². The van der Waals surface area contributed by atoms with Crippen LogP contribution in [0.4, 0.5) is 0 Å². The number of aromatic amines is 1. The molecule has 1 aromatic carbocycles. The maximum atomic E-state index is 10.1. The summed E-state index contributed by atoms with van der Waals surface area (Å²) in [5.74, 6) is 2.51. The fraction of sp³-hybridized carbons (Fsp3) is 0.500. The molecule has 0 radical (unpaired) electrons. The minimum atomic E-state index is -0.315. The predicted octanol–water partition coefficient (Wildman–Crippen LogP) is 1.68. The molecule has 2 N–H and O–H groups in total. The van der Waals surface area contributed by atoms with Gasteiger partial charge in [0.15, 0.2) is 0 Å². The zero-order valence-electron chi connectivity index (χ0n) is 13.0. The van der Waals surface area contributed by atoms with Crippen LogP contribution in [0.3, 0.4) is 0 Å². The number of nitrogens with one attached hydrogen (secondary N) is 1. The molecule has 0 unspecified atom stereocenters. The lowest BCUT2D eigenvalue weighted by Crippen LogP contribution is -2.25. The van der Waals surface area contributed by atoms with Gasteiger partial charge >= 0.3 is 0 Å². The first-order chi connectivity index (χ1) is 10.7. The van der Waals surface area contributed by atoms with E-state index in [1.54, 1.807) is 7.11 Å². The number of aliphatic hydroxyl groups excluding tert-OH is 1. The van der Waals surface area contributed by atoms with E-state index in [2.05, 4.69) is 26.1 Å². The first kappa shape index (κ1) is 15.0. The van der Waals surface area contributed by atoms with Crippen LogP contribution in [0, 0.1) is 0 Å². The number of nitrogens with zero attached hydrogens (tertiary/aromatic N) is 3. The molecule has 2 heterocycles. The monoisotopic (exact) mass is 302 g/mol. The topological polar surface area (TPSA) is 74.3 Å². The van der Waals surface area contributed by atoms with E-state index in [4.69, 9.17) is 4.74 Å². The van der Waals surface area contributed by atoms with E-state index < -0.39 is 0 Å². The van der Waals surface area contributed by atoms with Crippen LogP contribution >= 0.6 is 0 Å². The standard InChI is InChI=1S/C16H22N4O2/c1-3-15-17-16(19-18-15)10-20-9-12(21)8-14(20)11-5-4-6-13(7-11)22-2/h4-7,12,14,21H,3,8-10H2,1-2H3,(H,17,18,19)/t12-,14+/m1/s1. The number of aryl methyl sites for hydroxylation is 1. The molecule has 6 nitrogen and oxygen atoms in total. The predicted molar refractivity (Wildman–Crippen MR) is 82.5 cm³/mol. The molecular formula is C16H22N4O2. The summed E-state index contributed by atoms with van der Waals surface area (Å²) < 4.78 is 5.30. The van der Waals surface area contributed by atoms with E-state index in [1.165, 1.54) is 0 Å². The van der Waals surface area contributed by atoms with Crippen molar-refractivity contribution in [2.24, 2.45) is 0 Å². The van der Waals surface area contributed by atoms with Crippen LogP contribution in [0.5, 0.6) is 5.75 Å². The van der Waals surface area contributed by atoms with Crippen molar-refractivity contribution in [1.29, 1.82) is 0 Å². The highest BCUT2D eigenvalue weighted by Gasteiger charge is 2.32. The molecule has 0 saturated carbocycles. The molecule has 3 rings (SSSR count). The molecule has 22 heavy (non-hydrogen) atoms. The molecular weight excluding hydrogens is 280 g/mol. The second-order valence-electron chi connectivity index (χ2n) is 5.66. The van der Waals surface area contributed by atoms with Crippen molar-refractivity contribution in [3.8, 4) is 5.75 Å². The molecule has 2 aromatic rings. The number of hydrogen-bond donors (Lipinski definition) is 2. The summed E-state index contributed by atoms with van der Waals surface area (Å²) in [6, 6.07) is 8.20. The number of β-amino-alcohol motifs (C(OH)–C–C–N with tert-alkyl or cyclic N) is 1. The van der Waals surface area contributed by atoms with Crippen LogP contribution in [0.2, 0.25) is 0 Å². The number of rotatable bonds is 5. The summed E-state index contributed by atoms with van der Waals surface area (Å²) >= 11 is 0. The number of methoxy groups -OCH3 is 1. The average molecular weight is 302 g/mol. The van der Waals surface area contributed by atoms with Gasteiger partial charge in [0.25, 0.3) is 0 Å². The summed E-state index contributed by atoms with van der Waals surface area (Å²) in [4.78, 5) is 6.70. The average Bonchev–Trinajstić information content (AvgIpc) is 3.14. The molecule has 0 spiro atoms. The smallest absolute Gasteiger partial charge is 0.150 e. The summed E-state index contributed by atoms with van der Waals surface area (Å²) in [6.07, 6.45) is 1.23. The molecule has 2 atom stereocenters. The summed E-state index contributed by atoms with van der Waals surface area (Å²) in [7, 11) is 1.67. The quantitative estimate of drug-likeness (QED) is 0.879. The lowest BCUT2D eigenvalue weighted by molar-refractivity contribution is 0.171. The highest BCUT2D eigenvalue weighted by molar-refractivity contribution is 5.31. The van der Waals surface area contributed by atoms with E-state index in [0.717, 1.165) is 35.8 Å². The largest absolute Gasteiger partial charge is 0.497 e. The zero-order chi connectivity index (χ0) is 15.5. The van der Waals surface area contributed by atoms with Gasteiger partial charge in [-0.2, -0.15) is 5.10 Å². The van der Waals surface area contributed by atoms with E-state index in [1.807, 2.05) is 25.1 Å².